The van der Waals surface area contributed by atoms with E-state index in [1.807, 2.05) is 6.26 Å². The van der Waals surface area contributed by atoms with Crippen LogP contribution in [-0.4, -0.2) is 19.1 Å². The van der Waals surface area contributed by atoms with Gasteiger partial charge in [0.05, 0.1) is 0 Å². The first-order chi connectivity index (χ1) is 4.43. The van der Waals surface area contributed by atoms with Gasteiger partial charge in [0.25, 0.3) is 0 Å². The third-order valence-corrected chi connectivity index (χ3v) is 1.93. The molecule has 3 heteroatoms. The standard InChI is InChI=1S/C6H13NOS/c1-9-7-6-4-2-3-5-8-6/h6-7H,2-5H2,1H3. The fraction of sp³-hybridized carbons (Fsp3) is 1.00. The average molecular weight is 147 g/mol. The summed E-state index contributed by atoms with van der Waals surface area (Å²) in [5.41, 5.74) is 0. The fourth-order valence-corrected chi connectivity index (χ4v) is 1.41. The van der Waals surface area contributed by atoms with Crippen molar-refractivity contribution in [2.24, 2.45) is 0 Å². The van der Waals surface area contributed by atoms with Crippen LogP contribution in [0.5, 0.6) is 0 Å². The van der Waals surface area contributed by atoms with Crippen LogP contribution in [-0.2, 0) is 4.74 Å². The van der Waals surface area contributed by atoms with E-state index in [9.17, 15) is 0 Å². The van der Waals surface area contributed by atoms with E-state index in [2.05, 4.69) is 4.72 Å². The summed E-state index contributed by atoms with van der Waals surface area (Å²) in [6.45, 7) is 0.929. The molecule has 0 bridgehead atoms. The zero-order valence-electron chi connectivity index (χ0n) is 5.72. The van der Waals surface area contributed by atoms with Gasteiger partial charge in [0.15, 0.2) is 0 Å². The number of hydrogen-bond donors (Lipinski definition) is 1. The molecule has 1 aliphatic heterocycles. The Kier molecular flexibility index (Phi) is 3.40. The van der Waals surface area contributed by atoms with Crippen molar-refractivity contribution in [3.63, 3.8) is 0 Å². The number of nitrogens with one attached hydrogen (secondary N) is 1. The molecule has 2 nitrogen and oxygen atoms in total. The minimum atomic E-state index is 0.314. The number of rotatable bonds is 2. The van der Waals surface area contributed by atoms with Crippen LogP contribution in [0.1, 0.15) is 19.3 Å². The van der Waals surface area contributed by atoms with Gasteiger partial charge in [-0.2, -0.15) is 0 Å². The van der Waals surface area contributed by atoms with Crippen molar-refractivity contribution in [1.29, 1.82) is 0 Å². The monoisotopic (exact) mass is 147 g/mol. The van der Waals surface area contributed by atoms with Gasteiger partial charge in [-0.05, 0) is 25.5 Å². The molecule has 1 unspecified atom stereocenters. The second-order valence-electron chi connectivity index (χ2n) is 2.18. The highest BCUT2D eigenvalue weighted by Gasteiger charge is 2.11. The Bertz CT molecular complexity index is 70.7. The lowest BCUT2D eigenvalue weighted by Crippen LogP contribution is -2.29. The quantitative estimate of drug-likeness (QED) is 0.596. The molecule has 0 aromatic carbocycles. The van der Waals surface area contributed by atoms with Crippen molar-refractivity contribution in [2.45, 2.75) is 25.5 Å². The predicted octanol–water partition coefficient (Wildman–Crippen LogP) is 1.38. The molecule has 1 aliphatic rings. The normalized spacial score (nSPS) is 28.3. The largest absolute Gasteiger partial charge is 0.363 e. The molecule has 1 saturated heterocycles. The molecule has 0 spiro atoms. The second-order valence-corrected chi connectivity index (χ2v) is 2.82. The van der Waals surface area contributed by atoms with Crippen LogP contribution < -0.4 is 4.72 Å². The van der Waals surface area contributed by atoms with E-state index in [1.165, 1.54) is 19.3 Å². The minimum absolute atomic E-state index is 0.314. The van der Waals surface area contributed by atoms with Crippen LogP contribution in [0.15, 0.2) is 0 Å². The molecular formula is C6H13NOS. The van der Waals surface area contributed by atoms with E-state index in [4.69, 9.17) is 4.74 Å². The summed E-state index contributed by atoms with van der Waals surface area (Å²) < 4.78 is 8.57. The molecule has 1 atom stereocenters. The average Bonchev–Trinajstić information content (AvgIpc) is 1.91. The van der Waals surface area contributed by atoms with Gasteiger partial charge >= 0.3 is 0 Å². The van der Waals surface area contributed by atoms with Gasteiger partial charge in [-0.1, -0.05) is 11.9 Å². The lowest BCUT2D eigenvalue weighted by molar-refractivity contribution is 0.0113. The van der Waals surface area contributed by atoms with Gasteiger partial charge in [-0.25, -0.2) is 4.72 Å². The second kappa shape index (κ2) is 4.14. The summed E-state index contributed by atoms with van der Waals surface area (Å²) in [4.78, 5) is 0. The van der Waals surface area contributed by atoms with Gasteiger partial charge in [-0.3, -0.25) is 0 Å². The third-order valence-electron chi connectivity index (χ3n) is 1.43. The Morgan fingerprint density at radius 2 is 2.44 bits per heavy atom. The van der Waals surface area contributed by atoms with Crippen molar-refractivity contribution < 1.29 is 4.74 Å². The zero-order valence-corrected chi connectivity index (χ0v) is 6.54. The van der Waals surface area contributed by atoms with Crippen molar-refractivity contribution >= 4 is 11.9 Å². The van der Waals surface area contributed by atoms with Gasteiger partial charge < -0.3 is 4.74 Å². The van der Waals surface area contributed by atoms with E-state index in [-0.39, 0.29) is 0 Å². The maximum absolute atomic E-state index is 5.39. The third kappa shape index (κ3) is 2.56. The molecule has 0 saturated carbocycles. The Morgan fingerprint density at radius 1 is 1.56 bits per heavy atom. The van der Waals surface area contributed by atoms with Gasteiger partial charge in [-0.15, -0.1) is 0 Å². The topological polar surface area (TPSA) is 21.3 Å². The van der Waals surface area contributed by atoms with Crippen molar-refractivity contribution in [1.82, 2.24) is 4.72 Å². The summed E-state index contributed by atoms with van der Waals surface area (Å²) >= 11 is 1.63. The van der Waals surface area contributed by atoms with Crippen LogP contribution >= 0.6 is 11.9 Å². The summed E-state index contributed by atoms with van der Waals surface area (Å²) in [6, 6.07) is 0. The van der Waals surface area contributed by atoms with Gasteiger partial charge in [0.1, 0.15) is 6.23 Å². The zero-order chi connectivity index (χ0) is 6.53. The van der Waals surface area contributed by atoms with Crippen LogP contribution in [0.4, 0.5) is 0 Å². The number of ether oxygens (including phenoxy) is 1. The van der Waals surface area contributed by atoms with Crippen LogP contribution in [0, 0.1) is 0 Å². The van der Waals surface area contributed by atoms with E-state index >= 15 is 0 Å². The highest BCUT2D eigenvalue weighted by molar-refractivity contribution is 7.96. The van der Waals surface area contributed by atoms with Crippen LogP contribution in [0.3, 0.4) is 0 Å². The van der Waals surface area contributed by atoms with Gasteiger partial charge in [0, 0.05) is 6.61 Å². The van der Waals surface area contributed by atoms with Gasteiger partial charge in [0.2, 0.25) is 0 Å². The lowest BCUT2D eigenvalue weighted by atomic mass is 10.2. The van der Waals surface area contributed by atoms with E-state index in [1.54, 1.807) is 11.9 Å². The van der Waals surface area contributed by atoms with Crippen molar-refractivity contribution in [3.8, 4) is 0 Å². The first kappa shape index (κ1) is 7.38. The summed E-state index contributed by atoms with van der Waals surface area (Å²) in [5.74, 6) is 0. The fourth-order valence-electron chi connectivity index (χ4n) is 0.965. The van der Waals surface area contributed by atoms with Crippen LogP contribution in [0.2, 0.25) is 0 Å². The molecule has 0 amide bonds. The molecule has 0 aromatic rings. The van der Waals surface area contributed by atoms with Crippen molar-refractivity contribution in [3.05, 3.63) is 0 Å². The molecule has 1 rings (SSSR count). The Labute approximate surface area is 60.5 Å². The summed E-state index contributed by atoms with van der Waals surface area (Å²) in [5, 5.41) is 0. The molecular weight excluding hydrogens is 134 g/mol. The minimum Gasteiger partial charge on any atom is -0.363 e. The van der Waals surface area contributed by atoms with E-state index < -0.39 is 0 Å². The molecule has 9 heavy (non-hydrogen) atoms. The maximum Gasteiger partial charge on any atom is 0.116 e. The first-order valence-electron chi connectivity index (χ1n) is 3.33. The molecule has 0 aliphatic carbocycles. The number of hydrogen-bond acceptors (Lipinski definition) is 3. The highest BCUT2D eigenvalue weighted by Crippen LogP contribution is 2.11. The Hall–Kier alpha value is 0.270. The predicted molar refractivity (Wildman–Crippen MR) is 40.2 cm³/mol. The Morgan fingerprint density at radius 3 is 3.00 bits per heavy atom. The molecule has 54 valence electrons. The lowest BCUT2D eigenvalue weighted by Gasteiger charge is -2.21. The molecule has 0 radical (unpaired) electrons. The molecule has 1 heterocycles. The Balaban J connectivity index is 2.08. The van der Waals surface area contributed by atoms with Crippen LogP contribution in [0.25, 0.3) is 0 Å². The van der Waals surface area contributed by atoms with E-state index in [0.717, 1.165) is 6.61 Å². The highest BCUT2D eigenvalue weighted by atomic mass is 32.2. The molecule has 0 aromatic heterocycles. The smallest absolute Gasteiger partial charge is 0.116 e. The first-order valence-corrected chi connectivity index (χ1v) is 4.56. The summed E-state index contributed by atoms with van der Waals surface area (Å²) in [6.07, 6.45) is 6.04. The van der Waals surface area contributed by atoms with E-state index in [0.29, 0.717) is 6.23 Å². The summed E-state index contributed by atoms with van der Waals surface area (Å²) in [7, 11) is 0. The van der Waals surface area contributed by atoms with Crippen molar-refractivity contribution in [2.75, 3.05) is 12.9 Å². The molecule has 1 N–H and O–H groups in total. The maximum atomic E-state index is 5.39. The SMILES string of the molecule is CSNC1CCCCO1. The molecule has 1 fully saturated rings.